The first-order valence-corrected chi connectivity index (χ1v) is 6.39. The monoisotopic (exact) mass is 251 g/mol. The predicted molar refractivity (Wildman–Crippen MR) is 64.9 cm³/mol. The van der Waals surface area contributed by atoms with E-state index in [9.17, 15) is 5.11 Å². The van der Waals surface area contributed by atoms with Crippen molar-refractivity contribution in [1.82, 2.24) is 4.98 Å². The van der Waals surface area contributed by atoms with E-state index in [2.05, 4.69) is 4.98 Å². The van der Waals surface area contributed by atoms with Gasteiger partial charge in [0.1, 0.15) is 17.2 Å². The molecule has 1 fully saturated rings. The van der Waals surface area contributed by atoms with Gasteiger partial charge in [-0.15, -0.1) is 11.3 Å². The van der Waals surface area contributed by atoms with Crippen LogP contribution in [0.5, 0.6) is 0 Å². The number of hydrogen-bond donors (Lipinski definition) is 2. The average molecular weight is 251 g/mol. The Kier molecular flexibility index (Phi) is 2.84. The molecule has 0 spiro atoms. The molecule has 17 heavy (non-hydrogen) atoms. The number of para-hydroxylation sites is 1. The molecule has 1 aliphatic rings. The second-order valence-electron chi connectivity index (χ2n) is 4.17. The van der Waals surface area contributed by atoms with Crippen molar-refractivity contribution < 1.29 is 14.9 Å². The van der Waals surface area contributed by atoms with Crippen LogP contribution in [0.25, 0.3) is 10.2 Å². The van der Waals surface area contributed by atoms with E-state index < -0.39 is 12.2 Å². The molecule has 4 nitrogen and oxygen atoms in total. The van der Waals surface area contributed by atoms with Crippen LogP contribution in [0.4, 0.5) is 0 Å². The molecule has 3 atom stereocenters. The van der Waals surface area contributed by atoms with Gasteiger partial charge in [-0.1, -0.05) is 12.1 Å². The summed E-state index contributed by atoms with van der Waals surface area (Å²) in [7, 11) is 0. The molecule has 0 unspecified atom stereocenters. The highest BCUT2D eigenvalue weighted by Gasteiger charge is 2.35. The number of thiazole rings is 1. The molecule has 90 valence electrons. The highest BCUT2D eigenvalue weighted by atomic mass is 32.1. The molecule has 2 heterocycles. The fourth-order valence-electron chi connectivity index (χ4n) is 2.08. The van der Waals surface area contributed by atoms with Crippen molar-refractivity contribution in [3.05, 3.63) is 29.3 Å². The van der Waals surface area contributed by atoms with Gasteiger partial charge in [-0.05, 0) is 12.1 Å². The third kappa shape index (κ3) is 1.95. The maximum atomic E-state index is 9.69. The molecule has 0 aliphatic carbocycles. The maximum absolute atomic E-state index is 9.69. The normalized spacial score (nSPS) is 28.9. The van der Waals surface area contributed by atoms with E-state index >= 15 is 0 Å². The largest absolute Gasteiger partial charge is 0.394 e. The first-order valence-electron chi connectivity index (χ1n) is 5.58. The summed E-state index contributed by atoms with van der Waals surface area (Å²) in [6.07, 6.45) is -0.769. The Morgan fingerprint density at radius 2 is 2.24 bits per heavy atom. The Morgan fingerprint density at radius 3 is 2.94 bits per heavy atom. The Balaban J connectivity index is 1.89. The number of aliphatic hydroxyl groups is 2. The molecule has 0 radical (unpaired) electrons. The third-order valence-corrected chi connectivity index (χ3v) is 4.12. The van der Waals surface area contributed by atoms with E-state index in [4.69, 9.17) is 9.84 Å². The third-order valence-electron chi connectivity index (χ3n) is 2.99. The lowest BCUT2D eigenvalue weighted by atomic mass is 10.1. The molecule has 0 saturated carbocycles. The number of aromatic nitrogens is 1. The minimum absolute atomic E-state index is 0.150. The highest BCUT2D eigenvalue weighted by molar-refractivity contribution is 7.18. The second-order valence-corrected chi connectivity index (χ2v) is 5.23. The fourth-order valence-corrected chi connectivity index (χ4v) is 3.10. The molecule has 1 saturated heterocycles. The van der Waals surface area contributed by atoms with Crippen molar-refractivity contribution in [3.8, 4) is 0 Å². The van der Waals surface area contributed by atoms with Gasteiger partial charge in [0.2, 0.25) is 0 Å². The van der Waals surface area contributed by atoms with Crippen LogP contribution in [0, 0.1) is 0 Å². The maximum Gasteiger partial charge on any atom is 0.123 e. The van der Waals surface area contributed by atoms with E-state index in [0.717, 1.165) is 15.2 Å². The molecule has 2 aromatic rings. The van der Waals surface area contributed by atoms with Crippen LogP contribution < -0.4 is 0 Å². The van der Waals surface area contributed by atoms with E-state index in [-0.39, 0.29) is 12.7 Å². The molecule has 0 amide bonds. The Hall–Kier alpha value is -1.01. The van der Waals surface area contributed by atoms with Crippen molar-refractivity contribution in [2.45, 2.75) is 24.7 Å². The molecular weight excluding hydrogens is 238 g/mol. The van der Waals surface area contributed by atoms with Gasteiger partial charge < -0.3 is 14.9 Å². The van der Waals surface area contributed by atoms with Crippen molar-refractivity contribution >= 4 is 21.6 Å². The van der Waals surface area contributed by atoms with Crippen LogP contribution >= 0.6 is 11.3 Å². The standard InChI is InChI=1S/C12H13NO3S/c14-6-10-8(15)5-9(16-10)12-13-7-3-1-2-4-11(7)17-12/h1-4,8-10,14-15H,5-6H2/t8-,9-,10+/m0/s1. The van der Waals surface area contributed by atoms with E-state index in [0.29, 0.717) is 6.42 Å². The van der Waals surface area contributed by atoms with E-state index in [1.54, 1.807) is 11.3 Å². The zero-order chi connectivity index (χ0) is 11.8. The first-order chi connectivity index (χ1) is 8.28. The number of rotatable bonds is 2. The summed E-state index contributed by atoms with van der Waals surface area (Å²) in [5.41, 5.74) is 0.957. The van der Waals surface area contributed by atoms with Crippen molar-refractivity contribution in [1.29, 1.82) is 0 Å². The first kappa shape index (κ1) is 11.1. The Morgan fingerprint density at radius 1 is 1.41 bits per heavy atom. The number of fused-ring (bicyclic) bond motifs is 1. The number of benzene rings is 1. The summed E-state index contributed by atoms with van der Waals surface area (Å²) < 4.78 is 6.70. The highest BCUT2D eigenvalue weighted by Crippen LogP contribution is 2.36. The van der Waals surface area contributed by atoms with Crippen LogP contribution in [-0.4, -0.2) is 34.0 Å². The number of ether oxygens (including phenoxy) is 1. The van der Waals surface area contributed by atoms with Gasteiger partial charge in [-0.3, -0.25) is 0 Å². The van der Waals surface area contributed by atoms with E-state index in [1.807, 2.05) is 24.3 Å². The summed E-state index contributed by atoms with van der Waals surface area (Å²) in [5, 5.41) is 19.6. The molecule has 0 bridgehead atoms. The molecule has 5 heteroatoms. The van der Waals surface area contributed by atoms with Crippen LogP contribution in [0.1, 0.15) is 17.5 Å². The van der Waals surface area contributed by atoms with Gasteiger partial charge in [0.15, 0.2) is 0 Å². The van der Waals surface area contributed by atoms with Gasteiger partial charge in [0.25, 0.3) is 0 Å². The summed E-state index contributed by atoms with van der Waals surface area (Å²) >= 11 is 1.58. The summed E-state index contributed by atoms with van der Waals surface area (Å²) in [6, 6.07) is 7.91. The zero-order valence-electron chi connectivity index (χ0n) is 9.11. The van der Waals surface area contributed by atoms with Gasteiger partial charge in [0.05, 0.1) is 22.9 Å². The summed E-state index contributed by atoms with van der Waals surface area (Å²) in [6.45, 7) is -0.150. The average Bonchev–Trinajstić information content (AvgIpc) is 2.91. The number of aliphatic hydroxyl groups excluding tert-OH is 2. The van der Waals surface area contributed by atoms with Crippen molar-refractivity contribution in [3.63, 3.8) is 0 Å². The zero-order valence-corrected chi connectivity index (χ0v) is 9.93. The quantitative estimate of drug-likeness (QED) is 0.848. The predicted octanol–water partition coefficient (Wildman–Crippen LogP) is 1.48. The van der Waals surface area contributed by atoms with Gasteiger partial charge in [-0.2, -0.15) is 0 Å². The fraction of sp³-hybridized carbons (Fsp3) is 0.417. The SMILES string of the molecule is OC[C@H]1O[C@H](c2nc3ccccc3s2)C[C@@H]1O. The lowest BCUT2D eigenvalue weighted by molar-refractivity contribution is -0.0225. The second kappa shape index (κ2) is 4.34. The Labute approximate surface area is 102 Å². The topological polar surface area (TPSA) is 62.6 Å². The van der Waals surface area contributed by atoms with Gasteiger partial charge >= 0.3 is 0 Å². The minimum Gasteiger partial charge on any atom is -0.394 e. The number of hydrogen-bond acceptors (Lipinski definition) is 5. The molecule has 1 aromatic carbocycles. The molecule has 3 rings (SSSR count). The molecular formula is C12H13NO3S. The van der Waals surface area contributed by atoms with Gasteiger partial charge in [0, 0.05) is 6.42 Å². The molecule has 1 aliphatic heterocycles. The molecule has 1 aromatic heterocycles. The number of nitrogens with zero attached hydrogens (tertiary/aromatic N) is 1. The van der Waals surface area contributed by atoms with Crippen LogP contribution in [0.2, 0.25) is 0 Å². The van der Waals surface area contributed by atoms with Crippen molar-refractivity contribution in [2.75, 3.05) is 6.61 Å². The lowest BCUT2D eigenvalue weighted by Gasteiger charge is -2.09. The minimum atomic E-state index is -0.600. The smallest absolute Gasteiger partial charge is 0.123 e. The summed E-state index contributed by atoms with van der Waals surface area (Å²) in [4.78, 5) is 4.50. The van der Waals surface area contributed by atoms with Crippen LogP contribution in [-0.2, 0) is 4.74 Å². The van der Waals surface area contributed by atoms with Crippen molar-refractivity contribution in [2.24, 2.45) is 0 Å². The Bertz CT molecular complexity index is 494. The van der Waals surface area contributed by atoms with Gasteiger partial charge in [-0.25, -0.2) is 4.98 Å². The van der Waals surface area contributed by atoms with Crippen LogP contribution in [0.15, 0.2) is 24.3 Å². The van der Waals surface area contributed by atoms with E-state index in [1.165, 1.54) is 0 Å². The summed E-state index contributed by atoms with van der Waals surface area (Å²) in [5.74, 6) is 0. The van der Waals surface area contributed by atoms with Crippen LogP contribution in [0.3, 0.4) is 0 Å². The lowest BCUT2D eigenvalue weighted by Crippen LogP contribution is -2.24. The molecule has 2 N–H and O–H groups in total.